The summed E-state index contributed by atoms with van der Waals surface area (Å²) < 4.78 is 27.2. The summed E-state index contributed by atoms with van der Waals surface area (Å²) in [4.78, 5) is 12.9. The molecule has 0 unspecified atom stereocenters. The Morgan fingerprint density at radius 3 is 2.25 bits per heavy atom. The van der Waals surface area contributed by atoms with E-state index in [4.69, 9.17) is 11.6 Å². The van der Waals surface area contributed by atoms with Gasteiger partial charge in [0.25, 0.3) is 0 Å². The number of carbonyl (C=O) groups is 1. The van der Waals surface area contributed by atoms with E-state index in [0.717, 1.165) is 16.8 Å². The lowest BCUT2D eigenvalue weighted by Crippen LogP contribution is -2.41. The first-order chi connectivity index (χ1) is 15.4. The van der Waals surface area contributed by atoms with Crippen LogP contribution in [0.3, 0.4) is 0 Å². The summed E-state index contributed by atoms with van der Waals surface area (Å²) in [6.45, 7) is 0.649. The van der Waals surface area contributed by atoms with E-state index in [0.29, 0.717) is 36.5 Å². The smallest absolute Gasteiger partial charge is 0.227 e. The molecule has 0 aromatic heterocycles. The third kappa shape index (κ3) is 5.21. The predicted molar refractivity (Wildman–Crippen MR) is 129 cm³/mol. The minimum Gasteiger partial charge on any atom is -0.325 e. The standard InChI is InChI=1S/C25H25ClN2O3S/c26-23-12-6-4-10-21(23)18-32(30,31)28-16-14-20(15-17-28)25(29)27-24-13-7-5-11-22(24)19-8-2-1-3-9-19/h1-13,20H,14-18H2,(H,27,29). The number of piperidine rings is 1. The summed E-state index contributed by atoms with van der Waals surface area (Å²) in [6.07, 6.45) is 0.974. The number of carbonyl (C=O) groups excluding carboxylic acids is 1. The van der Waals surface area contributed by atoms with Crippen molar-refractivity contribution in [2.24, 2.45) is 5.92 Å². The highest BCUT2D eigenvalue weighted by molar-refractivity contribution is 7.88. The summed E-state index contributed by atoms with van der Waals surface area (Å²) in [5.74, 6) is -0.435. The van der Waals surface area contributed by atoms with E-state index in [1.165, 1.54) is 4.31 Å². The highest BCUT2D eigenvalue weighted by Crippen LogP contribution is 2.29. The van der Waals surface area contributed by atoms with Crippen molar-refractivity contribution in [3.8, 4) is 11.1 Å². The molecule has 1 aliphatic rings. The van der Waals surface area contributed by atoms with Crippen LogP contribution in [0.15, 0.2) is 78.9 Å². The van der Waals surface area contributed by atoms with Crippen LogP contribution in [0.4, 0.5) is 5.69 Å². The second-order valence-electron chi connectivity index (χ2n) is 7.92. The lowest BCUT2D eigenvalue weighted by atomic mass is 9.96. The molecule has 1 heterocycles. The van der Waals surface area contributed by atoms with Crippen LogP contribution >= 0.6 is 11.6 Å². The number of nitrogens with zero attached hydrogens (tertiary/aromatic N) is 1. The SMILES string of the molecule is O=C(Nc1ccccc1-c1ccccc1)C1CCN(S(=O)(=O)Cc2ccccc2Cl)CC1. The number of nitrogens with one attached hydrogen (secondary N) is 1. The van der Waals surface area contributed by atoms with Gasteiger partial charge in [0.05, 0.1) is 5.75 Å². The number of benzene rings is 3. The molecule has 166 valence electrons. The van der Waals surface area contributed by atoms with E-state index >= 15 is 0 Å². The van der Waals surface area contributed by atoms with Gasteiger partial charge in [0, 0.05) is 35.3 Å². The lowest BCUT2D eigenvalue weighted by Gasteiger charge is -2.30. The second kappa shape index (κ2) is 9.86. The molecule has 0 radical (unpaired) electrons. The van der Waals surface area contributed by atoms with Gasteiger partial charge < -0.3 is 5.32 Å². The molecule has 0 atom stereocenters. The van der Waals surface area contributed by atoms with Gasteiger partial charge in [0.1, 0.15) is 0 Å². The number of hydrogen-bond acceptors (Lipinski definition) is 3. The van der Waals surface area contributed by atoms with Gasteiger partial charge in [0.2, 0.25) is 15.9 Å². The van der Waals surface area contributed by atoms with Crippen molar-refractivity contribution in [1.82, 2.24) is 4.31 Å². The summed E-state index contributed by atoms with van der Waals surface area (Å²) in [6, 6.07) is 24.6. The minimum atomic E-state index is -3.49. The van der Waals surface area contributed by atoms with Crippen molar-refractivity contribution in [3.63, 3.8) is 0 Å². The molecule has 1 aliphatic heterocycles. The maximum absolute atomic E-state index is 12.9. The van der Waals surface area contributed by atoms with Gasteiger partial charge in [0.15, 0.2) is 0 Å². The van der Waals surface area contributed by atoms with Crippen LogP contribution in [0, 0.1) is 5.92 Å². The molecule has 5 nitrogen and oxygen atoms in total. The predicted octanol–water partition coefficient (Wildman–Crippen LogP) is 5.19. The number of para-hydroxylation sites is 1. The molecule has 1 N–H and O–H groups in total. The van der Waals surface area contributed by atoms with E-state index in [1.807, 2.05) is 54.6 Å². The summed E-state index contributed by atoms with van der Waals surface area (Å²) >= 11 is 6.13. The van der Waals surface area contributed by atoms with Crippen LogP contribution in [0.2, 0.25) is 5.02 Å². The lowest BCUT2D eigenvalue weighted by molar-refractivity contribution is -0.120. The van der Waals surface area contributed by atoms with Crippen LogP contribution in [-0.2, 0) is 20.6 Å². The summed E-state index contributed by atoms with van der Waals surface area (Å²) in [7, 11) is -3.49. The van der Waals surface area contributed by atoms with Crippen molar-refractivity contribution in [2.45, 2.75) is 18.6 Å². The van der Waals surface area contributed by atoms with E-state index in [1.54, 1.807) is 24.3 Å². The Morgan fingerprint density at radius 1 is 0.906 bits per heavy atom. The monoisotopic (exact) mass is 468 g/mol. The van der Waals surface area contributed by atoms with Gasteiger partial charge in [-0.05, 0) is 36.1 Å². The van der Waals surface area contributed by atoms with E-state index in [2.05, 4.69) is 5.32 Å². The fraction of sp³-hybridized carbons (Fsp3) is 0.240. The van der Waals surface area contributed by atoms with Crippen LogP contribution in [0.1, 0.15) is 18.4 Å². The molecular formula is C25H25ClN2O3S. The third-order valence-corrected chi connectivity index (χ3v) is 7.98. The molecule has 0 bridgehead atoms. The van der Waals surface area contributed by atoms with Gasteiger partial charge in [-0.15, -0.1) is 0 Å². The maximum Gasteiger partial charge on any atom is 0.227 e. The number of hydrogen-bond donors (Lipinski definition) is 1. The number of rotatable bonds is 6. The first-order valence-corrected chi connectivity index (χ1v) is 12.6. The Bertz CT molecular complexity index is 1190. The average molecular weight is 469 g/mol. The Labute approximate surface area is 194 Å². The van der Waals surface area contributed by atoms with Crippen LogP contribution < -0.4 is 5.32 Å². The molecule has 0 aliphatic carbocycles. The van der Waals surface area contributed by atoms with Crippen molar-refractivity contribution in [3.05, 3.63) is 89.4 Å². The maximum atomic E-state index is 12.9. The van der Waals surface area contributed by atoms with Gasteiger partial charge >= 0.3 is 0 Å². The average Bonchev–Trinajstić information content (AvgIpc) is 2.81. The Balaban J connectivity index is 1.39. The third-order valence-electron chi connectivity index (χ3n) is 5.78. The van der Waals surface area contributed by atoms with Crippen molar-refractivity contribution < 1.29 is 13.2 Å². The Kier molecular flexibility index (Phi) is 6.94. The normalized spacial score (nSPS) is 15.4. The highest BCUT2D eigenvalue weighted by Gasteiger charge is 2.31. The molecule has 0 saturated carbocycles. The number of halogens is 1. The summed E-state index contributed by atoms with van der Waals surface area (Å²) in [5.41, 5.74) is 3.34. The van der Waals surface area contributed by atoms with Crippen molar-refractivity contribution in [1.29, 1.82) is 0 Å². The molecule has 1 amide bonds. The molecule has 1 saturated heterocycles. The molecule has 4 rings (SSSR count). The van der Waals surface area contributed by atoms with Crippen molar-refractivity contribution in [2.75, 3.05) is 18.4 Å². The van der Waals surface area contributed by atoms with E-state index in [-0.39, 0.29) is 17.6 Å². The molecule has 0 spiro atoms. The fourth-order valence-corrected chi connectivity index (χ4v) is 5.87. The molecular weight excluding hydrogens is 444 g/mol. The second-order valence-corrected chi connectivity index (χ2v) is 10.3. The zero-order valence-corrected chi connectivity index (χ0v) is 19.1. The number of amides is 1. The molecule has 3 aromatic rings. The number of sulfonamides is 1. The van der Waals surface area contributed by atoms with E-state index < -0.39 is 10.0 Å². The molecule has 3 aromatic carbocycles. The van der Waals surface area contributed by atoms with Gasteiger partial charge in [-0.25, -0.2) is 12.7 Å². The largest absolute Gasteiger partial charge is 0.325 e. The highest BCUT2D eigenvalue weighted by atomic mass is 35.5. The topological polar surface area (TPSA) is 66.5 Å². The molecule has 1 fully saturated rings. The summed E-state index contributed by atoms with van der Waals surface area (Å²) in [5, 5.41) is 3.50. The molecule has 7 heteroatoms. The zero-order chi connectivity index (χ0) is 22.6. The van der Waals surface area contributed by atoms with Crippen LogP contribution in [0.25, 0.3) is 11.1 Å². The quantitative estimate of drug-likeness (QED) is 0.541. The van der Waals surface area contributed by atoms with Crippen LogP contribution in [-0.4, -0.2) is 31.7 Å². The fourth-order valence-electron chi connectivity index (χ4n) is 4.00. The van der Waals surface area contributed by atoms with Crippen LogP contribution in [0.5, 0.6) is 0 Å². The molecule has 32 heavy (non-hydrogen) atoms. The van der Waals surface area contributed by atoms with Gasteiger partial charge in [-0.3, -0.25) is 4.79 Å². The van der Waals surface area contributed by atoms with Gasteiger partial charge in [-0.1, -0.05) is 78.3 Å². The van der Waals surface area contributed by atoms with Crippen molar-refractivity contribution >= 4 is 33.2 Å². The zero-order valence-electron chi connectivity index (χ0n) is 17.6. The van der Waals surface area contributed by atoms with Gasteiger partial charge in [-0.2, -0.15) is 0 Å². The first-order valence-electron chi connectivity index (χ1n) is 10.6. The number of anilines is 1. The van der Waals surface area contributed by atoms with E-state index in [9.17, 15) is 13.2 Å². The minimum absolute atomic E-state index is 0.0727. The first kappa shape index (κ1) is 22.5. The Hall–Kier alpha value is -2.67. The Morgan fingerprint density at radius 2 is 1.53 bits per heavy atom.